The minimum atomic E-state index is -1.43. The third-order valence-corrected chi connectivity index (χ3v) is 5.10. The van der Waals surface area contributed by atoms with Crippen LogP contribution in [-0.2, 0) is 23.9 Å². The van der Waals surface area contributed by atoms with E-state index in [0.29, 0.717) is 0 Å². The summed E-state index contributed by atoms with van der Waals surface area (Å²) in [6.45, 7) is 2.91. The molecule has 0 saturated carbocycles. The Hall–Kier alpha value is -4.14. The number of fused-ring (bicyclic) bond motifs is 3. The van der Waals surface area contributed by atoms with Crippen molar-refractivity contribution >= 4 is 23.9 Å². The summed E-state index contributed by atoms with van der Waals surface area (Å²) < 4.78 is 10.1. The van der Waals surface area contributed by atoms with Gasteiger partial charge in [-0.3, -0.25) is 14.4 Å². The van der Waals surface area contributed by atoms with Gasteiger partial charge in [0.2, 0.25) is 5.91 Å². The molecule has 9 nitrogen and oxygen atoms in total. The fraction of sp³-hybridized carbons (Fsp3) is 0.250. The van der Waals surface area contributed by atoms with Crippen LogP contribution in [0.1, 0.15) is 23.5 Å². The number of carboxylic acid groups (broad SMARTS) is 1. The Morgan fingerprint density at radius 2 is 1.61 bits per heavy atom. The normalized spacial score (nSPS) is 12.6. The first-order valence-corrected chi connectivity index (χ1v) is 10.3. The molecule has 0 saturated heterocycles. The highest BCUT2D eigenvalue weighted by Gasteiger charge is 2.30. The maximum atomic E-state index is 12.4. The van der Waals surface area contributed by atoms with Crippen LogP contribution >= 0.6 is 0 Å². The quantitative estimate of drug-likeness (QED) is 0.372. The van der Waals surface area contributed by atoms with Gasteiger partial charge in [-0.25, -0.2) is 4.79 Å². The molecule has 1 aliphatic carbocycles. The maximum Gasteiger partial charge on any atom is 0.407 e. The van der Waals surface area contributed by atoms with Crippen LogP contribution in [0, 0.1) is 0 Å². The Morgan fingerprint density at radius 1 is 1.00 bits per heavy atom. The highest BCUT2D eigenvalue weighted by molar-refractivity contribution is 5.91. The van der Waals surface area contributed by atoms with E-state index in [0.717, 1.165) is 22.3 Å². The smallest absolute Gasteiger partial charge is 0.407 e. The minimum Gasteiger partial charge on any atom is -0.481 e. The molecule has 0 fully saturated rings. The maximum absolute atomic E-state index is 12.4. The van der Waals surface area contributed by atoms with Gasteiger partial charge in [0.1, 0.15) is 25.8 Å². The largest absolute Gasteiger partial charge is 0.481 e. The van der Waals surface area contributed by atoms with E-state index in [4.69, 9.17) is 14.6 Å². The van der Waals surface area contributed by atoms with Crippen molar-refractivity contribution in [1.82, 2.24) is 10.6 Å². The number of esters is 1. The van der Waals surface area contributed by atoms with Crippen molar-refractivity contribution in [2.45, 2.75) is 18.4 Å². The van der Waals surface area contributed by atoms with Crippen LogP contribution in [0.4, 0.5) is 4.79 Å². The number of amides is 2. The van der Waals surface area contributed by atoms with Crippen molar-refractivity contribution in [3.05, 3.63) is 72.3 Å². The molecule has 0 heterocycles. The second-order valence-corrected chi connectivity index (χ2v) is 7.31. The van der Waals surface area contributed by atoms with Gasteiger partial charge in [-0.1, -0.05) is 61.2 Å². The third-order valence-electron chi connectivity index (χ3n) is 5.10. The van der Waals surface area contributed by atoms with Gasteiger partial charge in [0.25, 0.3) is 0 Å². The number of carboxylic acids is 1. The van der Waals surface area contributed by atoms with Crippen LogP contribution < -0.4 is 10.6 Å². The molecule has 9 heteroatoms. The summed E-state index contributed by atoms with van der Waals surface area (Å²) in [5.74, 6) is -3.06. The van der Waals surface area contributed by atoms with E-state index in [2.05, 4.69) is 17.2 Å². The molecule has 3 N–H and O–H groups in total. The number of rotatable bonds is 10. The number of carbonyl (C=O) groups is 4. The van der Waals surface area contributed by atoms with Crippen LogP contribution in [0.5, 0.6) is 0 Å². The summed E-state index contributed by atoms with van der Waals surface area (Å²) in [5.41, 5.74) is 4.16. The van der Waals surface area contributed by atoms with E-state index >= 15 is 0 Å². The molecule has 0 aliphatic heterocycles. The van der Waals surface area contributed by atoms with E-state index in [1.165, 1.54) is 6.08 Å². The predicted molar refractivity (Wildman–Crippen MR) is 118 cm³/mol. The Bertz CT molecular complexity index is 1020. The van der Waals surface area contributed by atoms with E-state index in [-0.39, 0.29) is 19.1 Å². The van der Waals surface area contributed by atoms with Gasteiger partial charge in [0, 0.05) is 5.92 Å². The standard InChI is InChI=1S/C24H24N2O7/c1-2-11-32-22(29)13-25-23(30)20(12-21(27)28)26-24(31)33-14-19-17-9-5-3-7-15(17)16-8-4-6-10-18(16)19/h2-10,19-20H,1,11-14H2,(H,25,30)(H,26,31)(H,27,28)/t20-/m0/s1. The van der Waals surface area contributed by atoms with Crippen LogP contribution in [-0.4, -0.2) is 54.8 Å². The van der Waals surface area contributed by atoms with Gasteiger partial charge in [-0.2, -0.15) is 0 Å². The van der Waals surface area contributed by atoms with Crippen molar-refractivity contribution in [3.63, 3.8) is 0 Å². The van der Waals surface area contributed by atoms with Gasteiger partial charge >= 0.3 is 18.0 Å². The molecule has 0 aromatic heterocycles. The number of carbonyl (C=O) groups excluding carboxylic acids is 3. The molecular formula is C24H24N2O7. The first-order valence-electron chi connectivity index (χ1n) is 10.3. The number of hydrogen-bond donors (Lipinski definition) is 3. The van der Waals surface area contributed by atoms with Crippen LogP contribution in [0.3, 0.4) is 0 Å². The van der Waals surface area contributed by atoms with Crippen molar-refractivity contribution in [2.75, 3.05) is 19.8 Å². The van der Waals surface area contributed by atoms with Crippen molar-refractivity contribution in [1.29, 1.82) is 0 Å². The fourth-order valence-corrected chi connectivity index (χ4v) is 3.65. The van der Waals surface area contributed by atoms with Gasteiger partial charge < -0.3 is 25.2 Å². The number of alkyl carbamates (subject to hydrolysis) is 1. The third kappa shape index (κ3) is 5.97. The van der Waals surface area contributed by atoms with Gasteiger partial charge in [-0.05, 0) is 22.3 Å². The SMILES string of the molecule is C=CCOC(=O)CNC(=O)[C@H](CC(=O)O)NC(=O)OCC1c2ccccc2-c2ccccc21. The summed E-state index contributed by atoms with van der Waals surface area (Å²) >= 11 is 0. The topological polar surface area (TPSA) is 131 Å². The lowest BCUT2D eigenvalue weighted by Gasteiger charge is -2.18. The molecule has 0 unspecified atom stereocenters. The van der Waals surface area contributed by atoms with Crippen molar-refractivity contribution in [2.24, 2.45) is 0 Å². The molecule has 2 amide bonds. The lowest BCUT2D eigenvalue weighted by atomic mass is 9.98. The monoisotopic (exact) mass is 452 g/mol. The molecular weight excluding hydrogens is 428 g/mol. The molecule has 33 heavy (non-hydrogen) atoms. The average Bonchev–Trinajstić information content (AvgIpc) is 3.13. The zero-order valence-electron chi connectivity index (χ0n) is 17.8. The Balaban J connectivity index is 1.60. The van der Waals surface area contributed by atoms with Gasteiger partial charge in [0.05, 0.1) is 6.42 Å². The molecule has 1 aliphatic rings. The summed E-state index contributed by atoms with van der Waals surface area (Å²) in [5, 5.41) is 13.6. The molecule has 2 aromatic carbocycles. The van der Waals surface area contributed by atoms with E-state index in [1.807, 2.05) is 48.5 Å². The Morgan fingerprint density at radius 3 is 2.18 bits per heavy atom. The highest BCUT2D eigenvalue weighted by atomic mass is 16.5. The van der Waals surface area contributed by atoms with Crippen LogP contribution in [0.2, 0.25) is 0 Å². The van der Waals surface area contributed by atoms with E-state index < -0.39 is 42.9 Å². The first kappa shape index (κ1) is 23.5. The lowest BCUT2D eigenvalue weighted by molar-refractivity contribution is -0.143. The minimum absolute atomic E-state index is 0.00908. The van der Waals surface area contributed by atoms with Gasteiger partial charge in [-0.15, -0.1) is 0 Å². The number of ether oxygens (including phenoxy) is 2. The number of benzene rings is 2. The molecule has 0 bridgehead atoms. The second kappa shape index (κ2) is 10.9. The highest BCUT2D eigenvalue weighted by Crippen LogP contribution is 2.44. The molecule has 172 valence electrons. The summed E-state index contributed by atoms with van der Waals surface area (Å²) in [7, 11) is 0. The molecule has 1 atom stereocenters. The first-order chi connectivity index (χ1) is 15.9. The molecule has 0 spiro atoms. The van der Waals surface area contributed by atoms with E-state index in [9.17, 15) is 19.2 Å². The Kier molecular flexibility index (Phi) is 7.80. The fourth-order valence-electron chi connectivity index (χ4n) is 3.65. The summed E-state index contributed by atoms with van der Waals surface area (Å²) in [6, 6.07) is 14.2. The van der Waals surface area contributed by atoms with Crippen LogP contribution in [0.15, 0.2) is 61.2 Å². The predicted octanol–water partition coefficient (Wildman–Crippen LogP) is 2.21. The number of nitrogens with one attached hydrogen (secondary N) is 2. The second-order valence-electron chi connectivity index (χ2n) is 7.31. The average molecular weight is 452 g/mol. The van der Waals surface area contributed by atoms with Crippen LogP contribution in [0.25, 0.3) is 11.1 Å². The molecule has 3 rings (SSSR count). The Labute approximate surface area is 190 Å². The van der Waals surface area contributed by atoms with Crippen molar-refractivity contribution < 1.29 is 33.8 Å². The number of hydrogen-bond acceptors (Lipinski definition) is 6. The van der Waals surface area contributed by atoms with E-state index in [1.54, 1.807) is 0 Å². The molecule has 0 radical (unpaired) electrons. The molecule has 2 aromatic rings. The lowest BCUT2D eigenvalue weighted by Crippen LogP contribution is -2.49. The summed E-state index contributed by atoms with van der Waals surface area (Å²) in [6.07, 6.45) is -0.254. The zero-order chi connectivity index (χ0) is 23.8. The summed E-state index contributed by atoms with van der Waals surface area (Å²) in [4.78, 5) is 47.4. The number of aliphatic carboxylic acids is 1. The zero-order valence-corrected chi connectivity index (χ0v) is 17.8. The van der Waals surface area contributed by atoms with Crippen molar-refractivity contribution in [3.8, 4) is 11.1 Å². The van der Waals surface area contributed by atoms with Gasteiger partial charge in [0.15, 0.2) is 0 Å².